The summed E-state index contributed by atoms with van der Waals surface area (Å²) >= 11 is 0. The summed E-state index contributed by atoms with van der Waals surface area (Å²) in [7, 11) is 0. The van der Waals surface area contributed by atoms with E-state index in [-0.39, 0.29) is 0 Å². The predicted molar refractivity (Wildman–Crippen MR) is 79.0 cm³/mol. The maximum atomic E-state index is 5.77. The first-order valence-corrected chi connectivity index (χ1v) is 6.72. The summed E-state index contributed by atoms with van der Waals surface area (Å²) in [5, 5.41) is 2.44. The number of hydrogen-bond acceptors (Lipinski definition) is 1. The topological polar surface area (TPSA) is 20.5 Å². The van der Waals surface area contributed by atoms with E-state index >= 15 is 0 Å². The first-order chi connectivity index (χ1) is 9.35. The van der Waals surface area contributed by atoms with Crippen molar-refractivity contribution in [1.29, 1.82) is 0 Å². The van der Waals surface area contributed by atoms with E-state index in [0.717, 1.165) is 17.1 Å². The van der Waals surface area contributed by atoms with Crippen molar-refractivity contribution in [2.24, 2.45) is 0 Å². The molecule has 3 rings (SSSR count). The molecule has 1 aliphatic carbocycles. The van der Waals surface area contributed by atoms with Crippen LogP contribution in [-0.4, -0.2) is 19.0 Å². The number of hydrogen-bond donors (Lipinski definition) is 0. The third-order valence-electron chi connectivity index (χ3n) is 3.30. The lowest BCUT2D eigenvalue weighted by Crippen LogP contribution is -2.08. The molecule has 0 atom stereocenters. The van der Waals surface area contributed by atoms with Crippen LogP contribution in [0.5, 0.6) is 5.75 Å². The van der Waals surface area contributed by atoms with E-state index in [4.69, 9.17) is 9.16 Å². The third kappa shape index (κ3) is 1.93. The Morgan fingerprint density at radius 1 is 1.05 bits per heavy atom. The SMILES string of the molecule is CCOc1ccc2cccc3c2c1C(=[O+]CC)C=C3. The van der Waals surface area contributed by atoms with Gasteiger partial charge in [0.15, 0.2) is 0 Å². The minimum Gasteiger partial charge on any atom is -0.493 e. The number of rotatable bonds is 3. The molecule has 0 saturated carbocycles. The summed E-state index contributed by atoms with van der Waals surface area (Å²) in [6.45, 7) is 5.32. The standard InChI is InChI=1S/C17H17O2/c1-3-18-14-10-8-12-6-5-7-13-9-11-15(19-4-2)17(14)16(12)13/h5-11H,3-4H2,1-2H3/q+1. The van der Waals surface area contributed by atoms with Crippen molar-refractivity contribution in [3.8, 4) is 5.75 Å². The van der Waals surface area contributed by atoms with Crippen LogP contribution < -0.4 is 4.74 Å². The lowest BCUT2D eigenvalue weighted by Gasteiger charge is -2.14. The molecular formula is C17H17O2+. The zero-order chi connectivity index (χ0) is 13.2. The van der Waals surface area contributed by atoms with Crippen molar-refractivity contribution >= 4 is 22.6 Å². The molecule has 0 saturated heterocycles. The van der Waals surface area contributed by atoms with Gasteiger partial charge in [0, 0.05) is 18.4 Å². The maximum Gasteiger partial charge on any atom is 0.355 e. The van der Waals surface area contributed by atoms with Crippen LogP contribution in [0.1, 0.15) is 29.4 Å². The lowest BCUT2D eigenvalue weighted by atomic mass is 9.91. The van der Waals surface area contributed by atoms with Gasteiger partial charge in [-0.3, -0.25) is 4.42 Å². The Morgan fingerprint density at radius 2 is 1.95 bits per heavy atom. The molecule has 0 aromatic heterocycles. The molecule has 1 aliphatic rings. The van der Waals surface area contributed by atoms with Crippen molar-refractivity contribution in [3.05, 3.63) is 47.5 Å². The minimum atomic E-state index is 0.657. The van der Waals surface area contributed by atoms with Gasteiger partial charge in [0.05, 0.1) is 6.61 Å². The Hall–Kier alpha value is -2.09. The molecule has 2 aromatic rings. The zero-order valence-corrected chi connectivity index (χ0v) is 11.3. The normalized spacial score (nSPS) is 15.2. The summed E-state index contributed by atoms with van der Waals surface area (Å²) in [4.78, 5) is 0. The molecule has 0 bridgehead atoms. The van der Waals surface area contributed by atoms with Crippen LogP contribution in [0.15, 0.2) is 36.4 Å². The molecule has 0 radical (unpaired) electrons. The van der Waals surface area contributed by atoms with Gasteiger partial charge < -0.3 is 4.74 Å². The molecule has 0 amide bonds. The van der Waals surface area contributed by atoms with Crippen LogP contribution in [0.2, 0.25) is 0 Å². The number of carbonyl (C=O) groups excluding carboxylic acids is 1. The fraction of sp³-hybridized carbons (Fsp3) is 0.235. The Kier molecular flexibility index (Phi) is 3.08. The Balaban J connectivity index is 2.36. The first kappa shape index (κ1) is 12.0. The molecule has 19 heavy (non-hydrogen) atoms. The quantitative estimate of drug-likeness (QED) is 0.757. The predicted octanol–water partition coefficient (Wildman–Crippen LogP) is 4.00. The van der Waals surface area contributed by atoms with Crippen LogP contribution >= 0.6 is 0 Å². The first-order valence-electron chi connectivity index (χ1n) is 6.72. The average molecular weight is 253 g/mol. The highest BCUT2D eigenvalue weighted by atomic mass is 16.5. The number of ether oxygens (including phenoxy) is 1. The molecule has 0 heterocycles. The monoisotopic (exact) mass is 253 g/mol. The summed E-state index contributed by atoms with van der Waals surface area (Å²) in [5.41, 5.74) is 2.30. The number of allylic oxidation sites excluding steroid dienone is 1. The second-order valence-electron chi connectivity index (χ2n) is 4.45. The van der Waals surface area contributed by atoms with Gasteiger partial charge in [-0.25, -0.2) is 0 Å². The molecular weight excluding hydrogens is 236 g/mol. The van der Waals surface area contributed by atoms with E-state index in [2.05, 4.69) is 30.3 Å². The number of benzene rings is 2. The second-order valence-corrected chi connectivity index (χ2v) is 4.45. The van der Waals surface area contributed by atoms with Crippen molar-refractivity contribution in [2.75, 3.05) is 13.2 Å². The molecule has 0 fully saturated rings. The molecule has 2 heteroatoms. The van der Waals surface area contributed by atoms with Gasteiger partial charge in [-0.05, 0) is 30.0 Å². The second kappa shape index (κ2) is 4.88. The van der Waals surface area contributed by atoms with Gasteiger partial charge in [0.2, 0.25) is 0 Å². The Labute approximate surface area is 113 Å². The van der Waals surface area contributed by atoms with E-state index in [1.807, 2.05) is 26.0 Å². The van der Waals surface area contributed by atoms with Crippen LogP contribution in [0.25, 0.3) is 16.8 Å². The minimum absolute atomic E-state index is 0.657. The van der Waals surface area contributed by atoms with Crippen molar-refractivity contribution in [3.63, 3.8) is 0 Å². The van der Waals surface area contributed by atoms with Gasteiger partial charge in [-0.1, -0.05) is 24.3 Å². The van der Waals surface area contributed by atoms with Gasteiger partial charge in [-0.2, -0.15) is 0 Å². The van der Waals surface area contributed by atoms with Crippen LogP contribution in [-0.2, 0) is 0 Å². The Bertz CT molecular complexity index is 681. The van der Waals surface area contributed by atoms with Crippen LogP contribution in [0.3, 0.4) is 0 Å². The number of ketones is 1. The highest BCUT2D eigenvalue weighted by Gasteiger charge is 2.25. The highest BCUT2D eigenvalue weighted by Crippen LogP contribution is 2.35. The summed E-state index contributed by atoms with van der Waals surface area (Å²) in [6.07, 6.45) is 4.14. The lowest BCUT2D eigenvalue weighted by molar-refractivity contribution is -0.261. The van der Waals surface area contributed by atoms with Gasteiger partial charge in [0.1, 0.15) is 11.3 Å². The summed E-state index contributed by atoms with van der Waals surface area (Å²) in [6, 6.07) is 10.5. The molecule has 2 nitrogen and oxygen atoms in total. The van der Waals surface area contributed by atoms with Crippen molar-refractivity contribution < 1.29 is 9.16 Å². The zero-order valence-electron chi connectivity index (χ0n) is 11.3. The fourth-order valence-corrected chi connectivity index (χ4v) is 2.57. The van der Waals surface area contributed by atoms with Crippen molar-refractivity contribution in [2.45, 2.75) is 13.8 Å². The van der Waals surface area contributed by atoms with E-state index in [0.29, 0.717) is 13.2 Å². The van der Waals surface area contributed by atoms with E-state index in [9.17, 15) is 0 Å². The van der Waals surface area contributed by atoms with E-state index in [1.54, 1.807) is 0 Å². The Morgan fingerprint density at radius 3 is 2.74 bits per heavy atom. The highest BCUT2D eigenvalue weighted by molar-refractivity contribution is 6.21. The molecule has 0 aliphatic heterocycles. The van der Waals surface area contributed by atoms with Crippen LogP contribution in [0, 0.1) is 0 Å². The molecule has 0 N–H and O–H groups in total. The summed E-state index contributed by atoms with van der Waals surface area (Å²) < 4.78 is 11.5. The van der Waals surface area contributed by atoms with Gasteiger partial charge in [0.25, 0.3) is 6.61 Å². The maximum absolute atomic E-state index is 5.77. The average Bonchev–Trinajstić information content (AvgIpc) is 2.44. The molecule has 0 spiro atoms. The molecule has 96 valence electrons. The van der Waals surface area contributed by atoms with E-state index in [1.165, 1.54) is 16.3 Å². The van der Waals surface area contributed by atoms with Crippen molar-refractivity contribution in [1.82, 2.24) is 0 Å². The smallest absolute Gasteiger partial charge is 0.355 e. The van der Waals surface area contributed by atoms with Gasteiger partial charge >= 0.3 is 5.78 Å². The largest absolute Gasteiger partial charge is 0.493 e. The molecule has 2 aromatic carbocycles. The summed E-state index contributed by atoms with van der Waals surface area (Å²) in [5.74, 6) is 1.80. The van der Waals surface area contributed by atoms with Gasteiger partial charge in [-0.15, -0.1) is 0 Å². The van der Waals surface area contributed by atoms with E-state index < -0.39 is 0 Å². The third-order valence-corrected chi connectivity index (χ3v) is 3.30. The molecule has 0 unspecified atom stereocenters. The van der Waals surface area contributed by atoms with Crippen LogP contribution in [0.4, 0.5) is 0 Å². The fourth-order valence-electron chi connectivity index (χ4n) is 2.57.